The van der Waals surface area contributed by atoms with Crippen LogP contribution in [0.15, 0.2) is 18.7 Å². The summed E-state index contributed by atoms with van der Waals surface area (Å²) in [7, 11) is -3.11. The first-order valence-corrected chi connectivity index (χ1v) is 6.51. The van der Waals surface area contributed by atoms with Crippen molar-refractivity contribution < 1.29 is 8.42 Å². The molecule has 0 radical (unpaired) electrons. The maximum atomic E-state index is 11.4. The molecule has 1 heterocycles. The first-order valence-electron chi connectivity index (χ1n) is 4.96. The summed E-state index contributed by atoms with van der Waals surface area (Å²) in [5.74, 6) is 0. The molecule has 15 heavy (non-hydrogen) atoms. The number of hydrogen-bond acceptors (Lipinski definition) is 3. The molecule has 0 aliphatic carbocycles. The fraction of sp³-hybridized carbons (Fsp3) is 0.667. The SMILES string of the molecule is CC(C)S(=O)(=O)NCCCn1ccnc1. The van der Waals surface area contributed by atoms with Crippen molar-refractivity contribution in [2.24, 2.45) is 0 Å². The maximum Gasteiger partial charge on any atom is 0.213 e. The lowest BCUT2D eigenvalue weighted by molar-refractivity contribution is 0.562. The third-order valence-corrected chi connectivity index (χ3v) is 3.92. The highest BCUT2D eigenvalue weighted by Crippen LogP contribution is 1.96. The molecule has 0 saturated carbocycles. The van der Waals surface area contributed by atoms with Gasteiger partial charge in [0.1, 0.15) is 0 Å². The number of aryl methyl sites for hydroxylation is 1. The summed E-state index contributed by atoms with van der Waals surface area (Å²) in [6, 6.07) is 0. The van der Waals surface area contributed by atoms with Crippen molar-refractivity contribution in [1.82, 2.24) is 14.3 Å². The van der Waals surface area contributed by atoms with Crippen molar-refractivity contribution in [1.29, 1.82) is 0 Å². The maximum absolute atomic E-state index is 11.4. The van der Waals surface area contributed by atoms with Gasteiger partial charge in [0.25, 0.3) is 0 Å². The molecule has 0 amide bonds. The lowest BCUT2D eigenvalue weighted by Gasteiger charge is -2.09. The molecule has 0 saturated heterocycles. The number of nitrogens with one attached hydrogen (secondary N) is 1. The minimum absolute atomic E-state index is 0.370. The van der Waals surface area contributed by atoms with Crippen LogP contribution in [-0.2, 0) is 16.6 Å². The van der Waals surface area contributed by atoms with Gasteiger partial charge in [-0.25, -0.2) is 18.1 Å². The molecule has 0 aliphatic heterocycles. The summed E-state index contributed by atoms with van der Waals surface area (Å²) >= 11 is 0. The third-order valence-electron chi connectivity index (χ3n) is 2.08. The van der Waals surface area contributed by atoms with Gasteiger partial charge in [-0.2, -0.15) is 0 Å². The zero-order chi connectivity index (χ0) is 11.3. The van der Waals surface area contributed by atoms with E-state index in [-0.39, 0.29) is 5.25 Å². The molecule has 1 N–H and O–H groups in total. The smallest absolute Gasteiger partial charge is 0.213 e. The summed E-state index contributed by atoms with van der Waals surface area (Å²) in [5, 5.41) is -0.370. The van der Waals surface area contributed by atoms with Gasteiger partial charge in [-0.15, -0.1) is 0 Å². The Hall–Kier alpha value is -0.880. The Bertz CT molecular complexity index is 370. The van der Waals surface area contributed by atoms with Gasteiger partial charge in [0.15, 0.2) is 0 Å². The van der Waals surface area contributed by atoms with Gasteiger partial charge in [-0.1, -0.05) is 0 Å². The summed E-state index contributed by atoms with van der Waals surface area (Å²) in [5.41, 5.74) is 0. The lowest BCUT2D eigenvalue weighted by Crippen LogP contribution is -2.31. The molecule has 0 aliphatic rings. The molecule has 1 aromatic heterocycles. The van der Waals surface area contributed by atoms with E-state index in [1.54, 1.807) is 26.4 Å². The highest BCUT2D eigenvalue weighted by Gasteiger charge is 2.13. The Kier molecular flexibility index (Phi) is 4.28. The van der Waals surface area contributed by atoms with Gasteiger partial charge in [0.2, 0.25) is 10.0 Å². The average Bonchev–Trinajstić information content (AvgIpc) is 2.64. The zero-order valence-electron chi connectivity index (χ0n) is 9.05. The minimum Gasteiger partial charge on any atom is -0.337 e. The van der Waals surface area contributed by atoms with Crippen LogP contribution in [-0.4, -0.2) is 29.8 Å². The zero-order valence-corrected chi connectivity index (χ0v) is 9.87. The molecule has 5 nitrogen and oxygen atoms in total. The predicted molar refractivity (Wildman–Crippen MR) is 58.9 cm³/mol. The molecule has 86 valence electrons. The molecule has 0 aromatic carbocycles. The van der Waals surface area contributed by atoms with Crippen molar-refractivity contribution in [3.8, 4) is 0 Å². The van der Waals surface area contributed by atoms with Gasteiger partial charge in [0, 0.05) is 25.5 Å². The predicted octanol–water partition coefficient (Wildman–Crippen LogP) is 0.601. The van der Waals surface area contributed by atoms with Crippen LogP contribution in [0.3, 0.4) is 0 Å². The second-order valence-corrected chi connectivity index (χ2v) is 5.96. The topological polar surface area (TPSA) is 64.0 Å². The van der Waals surface area contributed by atoms with Crippen molar-refractivity contribution in [2.75, 3.05) is 6.54 Å². The van der Waals surface area contributed by atoms with E-state index in [0.29, 0.717) is 6.54 Å². The molecule has 1 aromatic rings. The monoisotopic (exact) mass is 231 g/mol. The fourth-order valence-corrected chi connectivity index (χ4v) is 1.82. The Balaban J connectivity index is 2.23. The van der Waals surface area contributed by atoms with Gasteiger partial charge < -0.3 is 4.57 Å². The molecule has 0 spiro atoms. The normalized spacial score (nSPS) is 12.2. The quantitative estimate of drug-likeness (QED) is 0.729. The van der Waals surface area contributed by atoms with E-state index in [4.69, 9.17) is 0 Å². The Morgan fingerprint density at radius 2 is 2.20 bits per heavy atom. The average molecular weight is 231 g/mol. The van der Waals surface area contributed by atoms with E-state index in [0.717, 1.165) is 13.0 Å². The lowest BCUT2D eigenvalue weighted by atomic mass is 10.4. The number of hydrogen-bond donors (Lipinski definition) is 1. The standard InChI is InChI=1S/C9H17N3O2S/c1-9(2)15(13,14)11-4-3-6-12-7-5-10-8-12/h5,7-9,11H,3-4,6H2,1-2H3. The molecule has 0 fully saturated rings. The molecule has 6 heteroatoms. The third kappa shape index (κ3) is 4.01. The van der Waals surface area contributed by atoms with Crippen LogP contribution in [0, 0.1) is 0 Å². The first kappa shape index (κ1) is 12.2. The number of aromatic nitrogens is 2. The van der Waals surface area contributed by atoms with Crippen LogP contribution in [0.1, 0.15) is 20.3 Å². The van der Waals surface area contributed by atoms with E-state index in [1.807, 2.05) is 10.8 Å². The van der Waals surface area contributed by atoms with Crippen LogP contribution >= 0.6 is 0 Å². The van der Waals surface area contributed by atoms with Crippen LogP contribution in [0.4, 0.5) is 0 Å². The van der Waals surface area contributed by atoms with E-state index < -0.39 is 10.0 Å². The van der Waals surface area contributed by atoms with Crippen LogP contribution < -0.4 is 4.72 Å². The molecule has 1 rings (SSSR count). The molecule has 0 bridgehead atoms. The second kappa shape index (κ2) is 5.27. The molecule has 0 atom stereocenters. The molecular formula is C9H17N3O2S. The van der Waals surface area contributed by atoms with Crippen molar-refractivity contribution in [2.45, 2.75) is 32.1 Å². The first-order chi connectivity index (χ1) is 7.02. The summed E-state index contributed by atoms with van der Waals surface area (Å²) in [6.45, 7) is 4.58. The number of imidazole rings is 1. The second-order valence-electron chi connectivity index (χ2n) is 3.64. The number of sulfonamides is 1. The van der Waals surface area contributed by atoms with Gasteiger partial charge >= 0.3 is 0 Å². The summed E-state index contributed by atoms with van der Waals surface area (Å²) < 4.78 is 27.2. The Labute approximate surface area is 90.6 Å². The van der Waals surface area contributed by atoms with Crippen molar-refractivity contribution in [3.63, 3.8) is 0 Å². The van der Waals surface area contributed by atoms with Crippen molar-refractivity contribution in [3.05, 3.63) is 18.7 Å². The number of nitrogens with zero attached hydrogens (tertiary/aromatic N) is 2. The van der Waals surface area contributed by atoms with Crippen molar-refractivity contribution >= 4 is 10.0 Å². The van der Waals surface area contributed by atoms with Crippen LogP contribution in [0.2, 0.25) is 0 Å². The van der Waals surface area contributed by atoms with Crippen LogP contribution in [0.25, 0.3) is 0 Å². The fourth-order valence-electron chi connectivity index (χ4n) is 1.06. The van der Waals surface area contributed by atoms with Crippen LogP contribution in [0.5, 0.6) is 0 Å². The summed E-state index contributed by atoms with van der Waals surface area (Å²) in [4.78, 5) is 3.90. The van der Waals surface area contributed by atoms with E-state index in [9.17, 15) is 8.42 Å². The summed E-state index contributed by atoms with van der Waals surface area (Å²) in [6.07, 6.45) is 6.05. The largest absolute Gasteiger partial charge is 0.337 e. The van der Waals surface area contributed by atoms with E-state index in [2.05, 4.69) is 9.71 Å². The molecule has 0 unspecified atom stereocenters. The molecular weight excluding hydrogens is 214 g/mol. The van der Waals surface area contributed by atoms with E-state index >= 15 is 0 Å². The highest BCUT2D eigenvalue weighted by atomic mass is 32.2. The number of rotatable bonds is 6. The Morgan fingerprint density at radius 3 is 2.73 bits per heavy atom. The van der Waals surface area contributed by atoms with Gasteiger partial charge in [-0.3, -0.25) is 0 Å². The Morgan fingerprint density at radius 1 is 1.47 bits per heavy atom. The van der Waals surface area contributed by atoms with Gasteiger partial charge in [-0.05, 0) is 20.3 Å². The highest BCUT2D eigenvalue weighted by molar-refractivity contribution is 7.90. The van der Waals surface area contributed by atoms with Gasteiger partial charge in [0.05, 0.1) is 11.6 Å². The minimum atomic E-state index is -3.11. The van der Waals surface area contributed by atoms with E-state index in [1.165, 1.54) is 0 Å².